The number of halogens is 2. The molecule has 5 nitrogen and oxygen atoms in total. The summed E-state index contributed by atoms with van der Waals surface area (Å²) in [6, 6.07) is 12.8. The van der Waals surface area contributed by atoms with Crippen LogP contribution in [0.1, 0.15) is 41.6 Å². The van der Waals surface area contributed by atoms with Gasteiger partial charge < -0.3 is 15.0 Å². The maximum absolute atomic E-state index is 12.7. The molecule has 0 unspecified atom stereocenters. The highest BCUT2D eigenvalue weighted by molar-refractivity contribution is 6.35. The van der Waals surface area contributed by atoms with Crippen molar-refractivity contribution in [2.75, 3.05) is 19.7 Å². The van der Waals surface area contributed by atoms with Crippen LogP contribution in [0, 0.1) is 6.92 Å². The summed E-state index contributed by atoms with van der Waals surface area (Å²) in [7, 11) is 0. The summed E-state index contributed by atoms with van der Waals surface area (Å²) in [5.74, 6) is 0.751. The average Bonchev–Trinajstić information content (AvgIpc) is 2.74. The standard InChI is InChI=1S/C23H26Cl2N2O3/c1-16-5-2-3-6-21(16)30-14-4-7-22(28)26-18-10-12-27(13-11-18)23(29)19-15-17(24)8-9-20(19)25/h2-3,5-6,8-9,15,18H,4,7,10-14H2,1H3,(H,26,28). The molecule has 0 saturated carbocycles. The van der Waals surface area contributed by atoms with Crippen LogP contribution in [0.4, 0.5) is 0 Å². The van der Waals surface area contributed by atoms with Gasteiger partial charge in [0.25, 0.3) is 5.91 Å². The van der Waals surface area contributed by atoms with E-state index in [4.69, 9.17) is 27.9 Å². The maximum Gasteiger partial charge on any atom is 0.255 e. The monoisotopic (exact) mass is 448 g/mol. The van der Waals surface area contributed by atoms with Gasteiger partial charge in [-0.1, -0.05) is 41.4 Å². The Morgan fingerprint density at radius 3 is 2.60 bits per heavy atom. The van der Waals surface area contributed by atoms with E-state index in [9.17, 15) is 9.59 Å². The van der Waals surface area contributed by atoms with E-state index in [1.165, 1.54) is 0 Å². The van der Waals surface area contributed by atoms with Crippen molar-refractivity contribution in [3.05, 3.63) is 63.6 Å². The summed E-state index contributed by atoms with van der Waals surface area (Å²) in [4.78, 5) is 26.7. The summed E-state index contributed by atoms with van der Waals surface area (Å²) < 4.78 is 5.73. The van der Waals surface area contributed by atoms with Gasteiger partial charge in [0.2, 0.25) is 5.91 Å². The molecule has 0 aromatic heterocycles. The number of carbonyl (C=O) groups is 2. The average molecular weight is 449 g/mol. The molecule has 160 valence electrons. The molecule has 2 aromatic rings. The molecule has 0 radical (unpaired) electrons. The van der Waals surface area contributed by atoms with Gasteiger partial charge >= 0.3 is 0 Å². The number of rotatable bonds is 7. The van der Waals surface area contributed by atoms with E-state index in [1.54, 1.807) is 23.1 Å². The Kier molecular flexibility index (Phi) is 8.00. The number of likely N-dealkylation sites (tertiary alicyclic amines) is 1. The van der Waals surface area contributed by atoms with E-state index in [1.807, 2.05) is 31.2 Å². The van der Waals surface area contributed by atoms with Crippen molar-refractivity contribution >= 4 is 35.0 Å². The highest BCUT2D eigenvalue weighted by atomic mass is 35.5. The van der Waals surface area contributed by atoms with Crippen LogP contribution in [0.15, 0.2) is 42.5 Å². The van der Waals surface area contributed by atoms with Crippen molar-refractivity contribution < 1.29 is 14.3 Å². The van der Waals surface area contributed by atoms with Crippen LogP contribution < -0.4 is 10.1 Å². The van der Waals surface area contributed by atoms with Crippen LogP contribution in [-0.2, 0) is 4.79 Å². The molecule has 0 spiro atoms. The third kappa shape index (κ3) is 6.13. The zero-order valence-electron chi connectivity index (χ0n) is 17.0. The summed E-state index contributed by atoms with van der Waals surface area (Å²) in [6.45, 7) is 3.65. The predicted molar refractivity (Wildman–Crippen MR) is 119 cm³/mol. The van der Waals surface area contributed by atoms with Gasteiger partial charge in [-0.2, -0.15) is 0 Å². The number of ether oxygens (including phenoxy) is 1. The SMILES string of the molecule is Cc1ccccc1OCCCC(=O)NC1CCN(C(=O)c2cc(Cl)ccc2Cl)CC1. The maximum atomic E-state index is 12.7. The number of para-hydroxylation sites is 1. The Morgan fingerprint density at radius 1 is 1.13 bits per heavy atom. The third-order valence-electron chi connectivity index (χ3n) is 5.21. The third-order valence-corrected chi connectivity index (χ3v) is 5.77. The number of aryl methyl sites for hydroxylation is 1. The van der Waals surface area contributed by atoms with Crippen LogP contribution in [0.25, 0.3) is 0 Å². The largest absolute Gasteiger partial charge is 0.493 e. The fourth-order valence-electron chi connectivity index (χ4n) is 3.49. The number of hydrogen-bond donors (Lipinski definition) is 1. The molecular weight excluding hydrogens is 423 g/mol. The number of piperidine rings is 1. The van der Waals surface area contributed by atoms with Gasteiger partial charge in [0, 0.05) is 30.6 Å². The van der Waals surface area contributed by atoms with Crippen LogP contribution in [0.2, 0.25) is 10.0 Å². The predicted octanol–water partition coefficient (Wildman–Crippen LogP) is 4.88. The van der Waals surface area contributed by atoms with Crippen molar-refractivity contribution in [3.8, 4) is 5.75 Å². The Morgan fingerprint density at radius 2 is 1.87 bits per heavy atom. The van der Waals surface area contributed by atoms with Gasteiger partial charge in [-0.15, -0.1) is 0 Å². The second kappa shape index (κ2) is 10.7. The number of hydrogen-bond acceptors (Lipinski definition) is 3. The molecule has 0 aliphatic carbocycles. The smallest absolute Gasteiger partial charge is 0.255 e. The van der Waals surface area contributed by atoms with Crippen LogP contribution in [0.3, 0.4) is 0 Å². The van der Waals surface area contributed by atoms with E-state index in [0.717, 1.165) is 24.2 Å². The molecule has 1 aliphatic heterocycles. The first kappa shape index (κ1) is 22.4. The number of nitrogens with one attached hydrogen (secondary N) is 1. The van der Waals surface area contributed by atoms with Crippen molar-refractivity contribution in [2.45, 2.75) is 38.6 Å². The summed E-state index contributed by atoms with van der Waals surface area (Å²) in [5, 5.41) is 3.95. The lowest BCUT2D eigenvalue weighted by atomic mass is 10.0. The van der Waals surface area contributed by atoms with E-state index in [-0.39, 0.29) is 17.9 Å². The quantitative estimate of drug-likeness (QED) is 0.613. The first-order valence-corrected chi connectivity index (χ1v) is 10.9. The van der Waals surface area contributed by atoms with Crippen LogP contribution in [-0.4, -0.2) is 42.5 Å². The van der Waals surface area contributed by atoms with Gasteiger partial charge in [0.15, 0.2) is 0 Å². The molecule has 2 aromatic carbocycles. The molecule has 7 heteroatoms. The first-order chi connectivity index (χ1) is 14.4. The van der Waals surface area contributed by atoms with Crippen LogP contribution in [0.5, 0.6) is 5.75 Å². The summed E-state index contributed by atoms with van der Waals surface area (Å²) >= 11 is 12.1. The Bertz CT molecular complexity index is 896. The minimum Gasteiger partial charge on any atom is -0.493 e. The first-order valence-electron chi connectivity index (χ1n) is 10.2. The molecule has 3 rings (SSSR count). The summed E-state index contributed by atoms with van der Waals surface area (Å²) in [5.41, 5.74) is 1.50. The Labute approximate surface area is 187 Å². The van der Waals surface area contributed by atoms with E-state index in [0.29, 0.717) is 48.1 Å². The van der Waals surface area contributed by atoms with E-state index in [2.05, 4.69) is 5.32 Å². The second-order valence-corrected chi connectivity index (χ2v) is 8.32. The molecular formula is C23H26Cl2N2O3. The molecule has 2 amide bonds. The van der Waals surface area contributed by atoms with Gasteiger partial charge in [0.05, 0.1) is 17.2 Å². The fourth-order valence-corrected chi connectivity index (χ4v) is 3.86. The number of carbonyl (C=O) groups excluding carboxylic acids is 2. The van der Waals surface area contributed by atoms with Crippen LogP contribution >= 0.6 is 23.2 Å². The highest BCUT2D eigenvalue weighted by Gasteiger charge is 2.25. The Hall–Kier alpha value is -2.24. The molecule has 1 aliphatic rings. The molecule has 30 heavy (non-hydrogen) atoms. The zero-order chi connectivity index (χ0) is 21.5. The van der Waals surface area contributed by atoms with Crippen molar-refractivity contribution in [2.24, 2.45) is 0 Å². The zero-order valence-corrected chi connectivity index (χ0v) is 18.5. The molecule has 1 heterocycles. The van der Waals surface area contributed by atoms with Crippen molar-refractivity contribution in [1.82, 2.24) is 10.2 Å². The summed E-state index contributed by atoms with van der Waals surface area (Å²) in [6.07, 6.45) is 2.51. The molecule has 0 bridgehead atoms. The lowest BCUT2D eigenvalue weighted by Crippen LogP contribution is -2.46. The molecule has 0 atom stereocenters. The topological polar surface area (TPSA) is 58.6 Å². The highest BCUT2D eigenvalue weighted by Crippen LogP contribution is 2.24. The molecule has 1 fully saturated rings. The normalized spacial score (nSPS) is 14.4. The van der Waals surface area contributed by atoms with Gasteiger partial charge in [0.1, 0.15) is 5.75 Å². The van der Waals surface area contributed by atoms with Gasteiger partial charge in [-0.3, -0.25) is 9.59 Å². The van der Waals surface area contributed by atoms with E-state index >= 15 is 0 Å². The second-order valence-electron chi connectivity index (χ2n) is 7.48. The molecule has 1 N–H and O–H groups in total. The fraction of sp³-hybridized carbons (Fsp3) is 0.391. The van der Waals surface area contributed by atoms with Gasteiger partial charge in [-0.05, 0) is 56.0 Å². The lowest BCUT2D eigenvalue weighted by molar-refractivity contribution is -0.122. The number of nitrogens with zero attached hydrogens (tertiary/aromatic N) is 1. The minimum absolute atomic E-state index is 0.0195. The minimum atomic E-state index is -0.124. The van der Waals surface area contributed by atoms with Crippen molar-refractivity contribution in [1.29, 1.82) is 0 Å². The molecule has 1 saturated heterocycles. The van der Waals surface area contributed by atoms with E-state index < -0.39 is 0 Å². The van der Waals surface area contributed by atoms with Crippen molar-refractivity contribution in [3.63, 3.8) is 0 Å². The number of amides is 2. The number of benzene rings is 2. The Balaban J connectivity index is 1.38. The van der Waals surface area contributed by atoms with Gasteiger partial charge in [-0.25, -0.2) is 0 Å². The lowest BCUT2D eigenvalue weighted by Gasteiger charge is -2.32.